The van der Waals surface area contributed by atoms with Gasteiger partial charge in [0.15, 0.2) is 11.5 Å². The summed E-state index contributed by atoms with van der Waals surface area (Å²) in [5.41, 5.74) is 0.696. The van der Waals surface area contributed by atoms with Crippen molar-refractivity contribution in [1.29, 1.82) is 0 Å². The van der Waals surface area contributed by atoms with E-state index in [0.717, 1.165) is 0 Å². The predicted octanol–water partition coefficient (Wildman–Crippen LogP) is 1.36. The molecule has 1 aromatic carbocycles. The average Bonchev–Trinajstić information content (AvgIpc) is 2.93. The van der Waals surface area contributed by atoms with Crippen LogP contribution in [0.15, 0.2) is 30.9 Å². The highest BCUT2D eigenvalue weighted by molar-refractivity contribution is 6.00. The minimum atomic E-state index is -0.347. The van der Waals surface area contributed by atoms with Crippen LogP contribution in [-0.4, -0.2) is 39.1 Å². The van der Waals surface area contributed by atoms with Crippen molar-refractivity contribution >= 4 is 17.5 Å². The van der Waals surface area contributed by atoms with E-state index in [1.807, 2.05) is 0 Å². The van der Waals surface area contributed by atoms with Gasteiger partial charge in [0.1, 0.15) is 0 Å². The minimum absolute atomic E-state index is 0.0778. The standard InChI is InChI=1S/C16H20N2O4/c1-4-7-17-16(20)11-8-15(19)18(10-11)12-5-6-13(21-2)14(9-12)22-3/h4-6,9,11H,1,7-8,10H2,2-3H3,(H,17,20). The van der Waals surface area contributed by atoms with E-state index in [1.54, 1.807) is 43.4 Å². The zero-order valence-electron chi connectivity index (χ0n) is 12.8. The van der Waals surface area contributed by atoms with E-state index in [1.165, 1.54) is 0 Å². The van der Waals surface area contributed by atoms with Gasteiger partial charge in [0.25, 0.3) is 0 Å². The Hall–Kier alpha value is -2.50. The van der Waals surface area contributed by atoms with Crippen LogP contribution in [0.5, 0.6) is 11.5 Å². The molecular weight excluding hydrogens is 284 g/mol. The Balaban J connectivity index is 2.14. The molecule has 0 aromatic heterocycles. The fourth-order valence-electron chi connectivity index (χ4n) is 2.44. The first-order valence-corrected chi connectivity index (χ1v) is 7.01. The molecule has 6 nitrogen and oxygen atoms in total. The molecular formula is C16H20N2O4. The fourth-order valence-corrected chi connectivity index (χ4v) is 2.44. The molecule has 6 heteroatoms. The van der Waals surface area contributed by atoms with Crippen molar-refractivity contribution < 1.29 is 19.1 Å². The molecule has 1 saturated heterocycles. The molecule has 2 amide bonds. The Bertz CT molecular complexity index is 586. The molecule has 0 bridgehead atoms. The molecule has 0 aliphatic carbocycles. The number of carbonyl (C=O) groups excluding carboxylic acids is 2. The summed E-state index contributed by atoms with van der Waals surface area (Å²) in [6, 6.07) is 5.26. The van der Waals surface area contributed by atoms with Gasteiger partial charge in [-0.3, -0.25) is 9.59 Å². The maximum atomic E-state index is 12.2. The van der Waals surface area contributed by atoms with Crippen molar-refractivity contribution in [2.45, 2.75) is 6.42 Å². The number of hydrogen-bond donors (Lipinski definition) is 1. The Morgan fingerprint density at radius 3 is 2.77 bits per heavy atom. The summed E-state index contributed by atoms with van der Waals surface area (Å²) in [5.74, 6) is 0.591. The SMILES string of the molecule is C=CCNC(=O)C1CC(=O)N(c2ccc(OC)c(OC)c2)C1. The van der Waals surface area contributed by atoms with Gasteiger partial charge in [-0.1, -0.05) is 6.08 Å². The van der Waals surface area contributed by atoms with Crippen LogP contribution < -0.4 is 19.7 Å². The third-order valence-electron chi connectivity index (χ3n) is 3.60. The monoisotopic (exact) mass is 304 g/mol. The summed E-state index contributed by atoms with van der Waals surface area (Å²) in [6.45, 7) is 4.32. The molecule has 118 valence electrons. The second kappa shape index (κ2) is 6.98. The van der Waals surface area contributed by atoms with Gasteiger partial charge in [-0.2, -0.15) is 0 Å². The number of nitrogens with zero attached hydrogens (tertiary/aromatic N) is 1. The topological polar surface area (TPSA) is 67.9 Å². The molecule has 0 radical (unpaired) electrons. The van der Waals surface area contributed by atoms with Gasteiger partial charge >= 0.3 is 0 Å². The van der Waals surface area contributed by atoms with Crippen LogP contribution in [0.4, 0.5) is 5.69 Å². The zero-order valence-corrected chi connectivity index (χ0v) is 12.8. The zero-order chi connectivity index (χ0) is 16.1. The number of amides is 2. The fraction of sp³-hybridized carbons (Fsp3) is 0.375. The molecule has 0 spiro atoms. The Morgan fingerprint density at radius 2 is 2.14 bits per heavy atom. The Labute approximate surface area is 129 Å². The van der Waals surface area contributed by atoms with Crippen LogP contribution in [0.25, 0.3) is 0 Å². The molecule has 1 aliphatic heterocycles. The van der Waals surface area contributed by atoms with Gasteiger partial charge in [0.05, 0.1) is 20.1 Å². The van der Waals surface area contributed by atoms with Crippen molar-refractivity contribution in [3.63, 3.8) is 0 Å². The minimum Gasteiger partial charge on any atom is -0.493 e. The molecule has 2 rings (SSSR count). The van der Waals surface area contributed by atoms with Crippen LogP contribution in [0.2, 0.25) is 0 Å². The molecule has 0 saturated carbocycles. The number of hydrogen-bond acceptors (Lipinski definition) is 4. The highest BCUT2D eigenvalue weighted by Gasteiger charge is 2.35. The molecule has 1 fully saturated rings. The normalized spacial score (nSPS) is 17.3. The van der Waals surface area contributed by atoms with E-state index in [-0.39, 0.29) is 24.2 Å². The maximum absolute atomic E-state index is 12.2. The lowest BCUT2D eigenvalue weighted by molar-refractivity contribution is -0.126. The van der Waals surface area contributed by atoms with E-state index < -0.39 is 0 Å². The molecule has 1 heterocycles. The van der Waals surface area contributed by atoms with E-state index in [2.05, 4.69) is 11.9 Å². The number of rotatable bonds is 6. The van der Waals surface area contributed by atoms with Crippen molar-refractivity contribution in [2.75, 3.05) is 32.2 Å². The summed E-state index contributed by atoms with van der Waals surface area (Å²) in [7, 11) is 3.09. The summed E-state index contributed by atoms with van der Waals surface area (Å²) >= 11 is 0. The third-order valence-corrected chi connectivity index (χ3v) is 3.60. The van der Waals surface area contributed by atoms with E-state index >= 15 is 0 Å². The lowest BCUT2D eigenvalue weighted by atomic mass is 10.1. The van der Waals surface area contributed by atoms with E-state index in [4.69, 9.17) is 9.47 Å². The molecule has 1 aromatic rings. The first kappa shape index (κ1) is 15.9. The maximum Gasteiger partial charge on any atom is 0.227 e. The molecule has 1 N–H and O–H groups in total. The molecule has 22 heavy (non-hydrogen) atoms. The van der Waals surface area contributed by atoms with Crippen molar-refractivity contribution in [3.8, 4) is 11.5 Å². The smallest absolute Gasteiger partial charge is 0.227 e. The van der Waals surface area contributed by atoms with Gasteiger partial charge in [0, 0.05) is 31.3 Å². The quantitative estimate of drug-likeness (QED) is 0.806. The number of nitrogens with one attached hydrogen (secondary N) is 1. The molecule has 1 atom stereocenters. The number of methoxy groups -OCH3 is 2. The van der Waals surface area contributed by atoms with E-state index in [0.29, 0.717) is 30.3 Å². The van der Waals surface area contributed by atoms with Gasteiger partial charge in [-0.15, -0.1) is 6.58 Å². The summed E-state index contributed by atoms with van der Waals surface area (Å²) in [4.78, 5) is 25.7. The second-order valence-electron chi connectivity index (χ2n) is 4.98. The molecule has 1 aliphatic rings. The Kier molecular flexibility index (Phi) is 5.04. The predicted molar refractivity (Wildman–Crippen MR) is 83.2 cm³/mol. The highest BCUT2D eigenvalue weighted by Crippen LogP contribution is 2.34. The first-order chi connectivity index (χ1) is 10.6. The van der Waals surface area contributed by atoms with Crippen molar-refractivity contribution in [1.82, 2.24) is 5.32 Å². The summed E-state index contributed by atoms with van der Waals surface area (Å²) < 4.78 is 10.4. The van der Waals surface area contributed by atoms with Crippen molar-refractivity contribution in [2.24, 2.45) is 5.92 Å². The highest BCUT2D eigenvalue weighted by atomic mass is 16.5. The number of benzene rings is 1. The molecule has 1 unspecified atom stereocenters. The average molecular weight is 304 g/mol. The lowest BCUT2D eigenvalue weighted by Crippen LogP contribution is -2.33. The summed E-state index contributed by atoms with van der Waals surface area (Å²) in [6.07, 6.45) is 1.82. The van der Waals surface area contributed by atoms with Crippen LogP contribution in [0.1, 0.15) is 6.42 Å². The lowest BCUT2D eigenvalue weighted by Gasteiger charge is -2.18. The van der Waals surface area contributed by atoms with Crippen LogP contribution >= 0.6 is 0 Å². The first-order valence-electron chi connectivity index (χ1n) is 7.01. The van der Waals surface area contributed by atoms with Gasteiger partial charge < -0.3 is 19.7 Å². The second-order valence-corrected chi connectivity index (χ2v) is 4.98. The largest absolute Gasteiger partial charge is 0.493 e. The number of anilines is 1. The Morgan fingerprint density at radius 1 is 1.41 bits per heavy atom. The van der Waals surface area contributed by atoms with Crippen LogP contribution in [0.3, 0.4) is 0 Å². The van der Waals surface area contributed by atoms with Crippen LogP contribution in [0, 0.1) is 5.92 Å². The van der Waals surface area contributed by atoms with E-state index in [9.17, 15) is 9.59 Å². The van der Waals surface area contributed by atoms with Crippen molar-refractivity contribution in [3.05, 3.63) is 30.9 Å². The van der Waals surface area contributed by atoms with Gasteiger partial charge in [0.2, 0.25) is 11.8 Å². The third kappa shape index (κ3) is 3.21. The van der Waals surface area contributed by atoms with Gasteiger partial charge in [-0.25, -0.2) is 0 Å². The number of ether oxygens (including phenoxy) is 2. The summed E-state index contributed by atoms with van der Waals surface area (Å²) in [5, 5.41) is 2.73. The van der Waals surface area contributed by atoms with Gasteiger partial charge in [-0.05, 0) is 12.1 Å². The van der Waals surface area contributed by atoms with Crippen LogP contribution in [-0.2, 0) is 9.59 Å². The number of carbonyl (C=O) groups is 2.